The molecule has 0 aliphatic rings. The van der Waals surface area contributed by atoms with Crippen LogP contribution in [0.4, 0.5) is 0 Å². The number of thiophene rings is 1. The number of ether oxygens (including phenoxy) is 1. The maximum Gasteiger partial charge on any atom is 0.261 e. The second kappa shape index (κ2) is 7.06. The van der Waals surface area contributed by atoms with Crippen LogP contribution in [0.1, 0.15) is 14.5 Å². The summed E-state index contributed by atoms with van der Waals surface area (Å²) < 4.78 is 7.39. The molecule has 2 aromatic heterocycles. The minimum Gasteiger partial charge on any atom is -0.378 e. The maximum absolute atomic E-state index is 11.7. The summed E-state index contributed by atoms with van der Waals surface area (Å²) in [6.07, 6.45) is 5.39. The van der Waals surface area contributed by atoms with E-state index in [4.69, 9.17) is 4.74 Å². The fourth-order valence-corrected chi connectivity index (χ4v) is 2.36. The van der Waals surface area contributed by atoms with Crippen LogP contribution in [0.3, 0.4) is 0 Å². The number of nitrogens with one attached hydrogen (secondary N) is 1. The van der Waals surface area contributed by atoms with Crippen molar-refractivity contribution in [2.45, 2.75) is 13.5 Å². The molecule has 19 heavy (non-hydrogen) atoms. The van der Waals surface area contributed by atoms with E-state index in [0.717, 1.165) is 16.3 Å². The molecule has 2 rings (SSSR count). The van der Waals surface area contributed by atoms with Gasteiger partial charge in [0.15, 0.2) is 0 Å². The fourth-order valence-electron chi connectivity index (χ4n) is 1.57. The van der Waals surface area contributed by atoms with Gasteiger partial charge in [0.25, 0.3) is 5.91 Å². The van der Waals surface area contributed by atoms with Crippen molar-refractivity contribution < 1.29 is 9.53 Å². The molecule has 6 heteroatoms. The van der Waals surface area contributed by atoms with Gasteiger partial charge in [-0.2, -0.15) is 0 Å². The summed E-state index contributed by atoms with van der Waals surface area (Å²) in [5.74, 6) is -0.0312. The van der Waals surface area contributed by atoms with Gasteiger partial charge >= 0.3 is 0 Å². The van der Waals surface area contributed by atoms with Gasteiger partial charge in [0.2, 0.25) is 0 Å². The average molecular weight is 279 g/mol. The summed E-state index contributed by atoms with van der Waals surface area (Å²) in [4.78, 5) is 17.5. The zero-order valence-electron chi connectivity index (χ0n) is 10.8. The molecule has 2 heterocycles. The Balaban J connectivity index is 1.55. The van der Waals surface area contributed by atoms with Crippen molar-refractivity contribution in [2.24, 2.45) is 0 Å². The number of aryl methyl sites for hydroxylation is 1. The standard InChI is InChI=1S/C13H17N3O2S/c1-11-2-3-12(19-11)13(17)15-5-8-18-9-7-16-6-4-14-10-16/h2-4,6,10H,5,7-9H2,1H3,(H,15,17). The Morgan fingerprint density at radius 2 is 2.37 bits per heavy atom. The Kier molecular flexibility index (Phi) is 5.11. The summed E-state index contributed by atoms with van der Waals surface area (Å²) in [5.41, 5.74) is 0. The average Bonchev–Trinajstić information content (AvgIpc) is 3.04. The first-order valence-corrected chi connectivity index (χ1v) is 6.95. The van der Waals surface area contributed by atoms with Gasteiger partial charge in [-0.1, -0.05) is 0 Å². The first-order valence-electron chi connectivity index (χ1n) is 6.14. The molecule has 1 amide bonds. The second-order valence-electron chi connectivity index (χ2n) is 4.08. The summed E-state index contributed by atoms with van der Waals surface area (Å²) >= 11 is 1.50. The van der Waals surface area contributed by atoms with Gasteiger partial charge in [-0.25, -0.2) is 4.98 Å². The number of nitrogens with zero attached hydrogens (tertiary/aromatic N) is 2. The first-order chi connectivity index (χ1) is 9.25. The third-order valence-electron chi connectivity index (χ3n) is 2.55. The van der Waals surface area contributed by atoms with Crippen LogP contribution in [0.5, 0.6) is 0 Å². The molecular formula is C13H17N3O2S. The molecule has 0 radical (unpaired) electrons. The van der Waals surface area contributed by atoms with Gasteiger partial charge in [-0.3, -0.25) is 4.79 Å². The van der Waals surface area contributed by atoms with Gasteiger partial charge in [0.05, 0.1) is 24.4 Å². The van der Waals surface area contributed by atoms with E-state index in [0.29, 0.717) is 19.8 Å². The Hall–Kier alpha value is -1.66. The lowest BCUT2D eigenvalue weighted by molar-refractivity contribution is 0.0912. The van der Waals surface area contributed by atoms with E-state index in [1.54, 1.807) is 12.5 Å². The molecular weight excluding hydrogens is 262 g/mol. The van der Waals surface area contributed by atoms with E-state index in [1.165, 1.54) is 11.3 Å². The summed E-state index contributed by atoms with van der Waals surface area (Å²) in [5, 5.41) is 2.83. The van der Waals surface area contributed by atoms with Crippen LogP contribution in [0, 0.1) is 6.92 Å². The van der Waals surface area contributed by atoms with Crippen molar-refractivity contribution in [3.63, 3.8) is 0 Å². The van der Waals surface area contributed by atoms with Crippen LogP contribution in [0.15, 0.2) is 30.9 Å². The Bertz CT molecular complexity index is 508. The number of imidazole rings is 1. The molecule has 5 nitrogen and oxygen atoms in total. The highest BCUT2D eigenvalue weighted by atomic mass is 32.1. The third-order valence-corrected chi connectivity index (χ3v) is 3.55. The van der Waals surface area contributed by atoms with Crippen LogP contribution >= 0.6 is 11.3 Å². The molecule has 2 aromatic rings. The quantitative estimate of drug-likeness (QED) is 0.785. The van der Waals surface area contributed by atoms with Crippen molar-refractivity contribution in [3.05, 3.63) is 40.6 Å². The van der Waals surface area contributed by atoms with Crippen LogP contribution < -0.4 is 5.32 Å². The fraction of sp³-hybridized carbons (Fsp3) is 0.385. The lowest BCUT2D eigenvalue weighted by Crippen LogP contribution is -2.26. The van der Waals surface area contributed by atoms with Crippen molar-refractivity contribution >= 4 is 17.2 Å². The number of hydrogen-bond acceptors (Lipinski definition) is 4. The second-order valence-corrected chi connectivity index (χ2v) is 5.37. The number of carbonyl (C=O) groups excluding carboxylic acids is 1. The van der Waals surface area contributed by atoms with Crippen molar-refractivity contribution in [3.8, 4) is 0 Å². The Labute approximate surface area is 116 Å². The topological polar surface area (TPSA) is 56.1 Å². The molecule has 0 spiro atoms. The van der Waals surface area contributed by atoms with Gasteiger partial charge in [0, 0.05) is 30.4 Å². The lowest BCUT2D eigenvalue weighted by Gasteiger charge is -2.06. The van der Waals surface area contributed by atoms with Gasteiger partial charge in [0.1, 0.15) is 0 Å². The summed E-state index contributed by atoms with van der Waals surface area (Å²) in [7, 11) is 0. The van der Waals surface area contributed by atoms with Crippen molar-refractivity contribution in [1.29, 1.82) is 0 Å². The van der Waals surface area contributed by atoms with Crippen LogP contribution in [-0.2, 0) is 11.3 Å². The van der Waals surface area contributed by atoms with E-state index in [2.05, 4.69) is 10.3 Å². The molecule has 0 aromatic carbocycles. The molecule has 0 unspecified atom stereocenters. The SMILES string of the molecule is Cc1ccc(C(=O)NCCOCCn2ccnc2)s1. The normalized spacial score (nSPS) is 10.6. The molecule has 0 saturated heterocycles. The Morgan fingerprint density at radius 1 is 1.47 bits per heavy atom. The van der Waals surface area contributed by atoms with Gasteiger partial charge < -0.3 is 14.6 Å². The van der Waals surface area contributed by atoms with E-state index < -0.39 is 0 Å². The van der Waals surface area contributed by atoms with E-state index >= 15 is 0 Å². The van der Waals surface area contributed by atoms with E-state index in [-0.39, 0.29) is 5.91 Å². The maximum atomic E-state index is 11.7. The number of hydrogen-bond donors (Lipinski definition) is 1. The predicted octanol–water partition coefficient (Wildman–Crippen LogP) is 1.70. The number of amides is 1. The highest BCUT2D eigenvalue weighted by Crippen LogP contribution is 2.14. The summed E-state index contributed by atoms with van der Waals surface area (Å²) in [6.45, 7) is 4.42. The van der Waals surface area contributed by atoms with Crippen LogP contribution in [0.2, 0.25) is 0 Å². The van der Waals surface area contributed by atoms with Crippen molar-refractivity contribution in [2.75, 3.05) is 19.8 Å². The lowest BCUT2D eigenvalue weighted by atomic mass is 10.4. The summed E-state index contributed by atoms with van der Waals surface area (Å²) in [6, 6.07) is 3.79. The van der Waals surface area contributed by atoms with Crippen LogP contribution in [-0.4, -0.2) is 35.2 Å². The highest BCUT2D eigenvalue weighted by Gasteiger charge is 2.06. The molecule has 1 N–H and O–H groups in total. The highest BCUT2D eigenvalue weighted by molar-refractivity contribution is 7.13. The molecule has 0 bridgehead atoms. The smallest absolute Gasteiger partial charge is 0.261 e. The molecule has 0 aliphatic heterocycles. The first kappa shape index (κ1) is 13.8. The molecule has 0 aliphatic carbocycles. The largest absolute Gasteiger partial charge is 0.378 e. The number of rotatable bonds is 7. The van der Waals surface area contributed by atoms with Gasteiger partial charge in [-0.05, 0) is 19.1 Å². The zero-order valence-corrected chi connectivity index (χ0v) is 11.7. The molecule has 0 atom stereocenters. The van der Waals surface area contributed by atoms with Gasteiger partial charge in [-0.15, -0.1) is 11.3 Å². The van der Waals surface area contributed by atoms with Crippen LogP contribution in [0.25, 0.3) is 0 Å². The monoisotopic (exact) mass is 279 g/mol. The van der Waals surface area contributed by atoms with E-state index in [1.807, 2.05) is 29.8 Å². The Morgan fingerprint density at radius 3 is 3.05 bits per heavy atom. The third kappa shape index (κ3) is 4.50. The number of aromatic nitrogens is 2. The minimum atomic E-state index is -0.0312. The molecule has 102 valence electrons. The zero-order chi connectivity index (χ0) is 13.5. The minimum absolute atomic E-state index is 0.0312. The molecule has 0 fully saturated rings. The van der Waals surface area contributed by atoms with E-state index in [9.17, 15) is 4.79 Å². The van der Waals surface area contributed by atoms with Crippen molar-refractivity contribution in [1.82, 2.24) is 14.9 Å². The molecule has 0 saturated carbocycles. The number of carbonyl (C=O) groups is 1. The predicted molar refractivity (Wildman–Crippen MR) is 74.4 cm³/mol.